The number of Topliss-reactive ketones (excluding diaryl/α,β-unsaturated/α-hetero) is 1. The van der Waals surface area contributed by atoms with Crippen molar-refractivity contribution < 1.29 is 13.8 Å². The molecule has 4 aliphatic carbocycles. The van der Waals surface area contributed by atoms with E-state index in [1.54, 1.807) is 12.1 Å². The SMILES string of the molecule is Cc1ccc([S@](=O)C2=CC(=O)[C@H]3[C@@H](C2=O)[C@H]2C=C[C@@H]3CC2)cc1. The summed E-state index contributed by atoms with van der Waals surface area (Å²) in [6, 6.07) is 7.28. The highest BCUT2D eigenvalue weighted by molar-refractivity contribution is 7.90. The van der Waals surface area contributed by atoms with Crippen molar-refractivity contribution in [2.75, 3.05) is 0 Å². The predicted octanol–water partition coefficient (Wildman–Crippen LogP) is 2.97. The molecule has 3 nitrogen and oxygen atoms in total. The lowest BCUT2D eigenvalue weighted by molar-refractivity contribution is -0.134. The summed E-state index contributed by atoms with van der Waals surface area (Å²) in [7, 11) is -1.58. The van der Waals surface area contributed by atoms with Gasteiger partial charge in [-0.25, -0.2) is 4.21 Å². The molecule has 1 saturated carbocycles. The second-order valence-corrected chi connectivity index (χ2v) is 8.15. The zero-order valence-electron chi connectivity index (χ0n) is 12.9. The Bertz CT molecular complexity index is 772. The van der Waals surface area contributed by atoms with Crippen molar-refractivity contribution >= 4 is 22.4 Å². The molecule has 0 saturated heterocycles. The fraction of sp³-hybridized carbons (Fsp3) is 0.368. The molecule has 23 heavy (non-hydrogen) atoms. The standard InChI is InChI=1S/C19H18O3S/c1-11-2-8-14(9-3-11)23(22)16-10-15(20)17-12-4-6-13(7-5-12)18(17)19(16)21/h2-4,6,8-10,12-13,17-18H,5,7H2,1H3/t12-,13+,17+,18+,23+/m1/s1. The van der Waals surface area contributed by atoms with Gasteiger partial charge >= 0.3 is 0 Å². The molecule has 5 rings (SSSR count). The maximum atomic E-state index is 12.9. The molecule has 118 valence electrons. The maximum Gasteiger partial charge on any atom is 0.176 e. The van der Waals surface area contributed by atoms with Gasteiger partial charge in [-0.15, -0.1) is 0 Å². The van der Waals surface area contributed by atoms with Gasteiger partial charge in [0, 0.05) is 22.8 Å². The van der Waals surface area contributed by atoms with Crippen LogP contribution in [0.5, 0.6) is 0 Å². The molecule has 0 radical (unpaired) electrons. The number of benzene rings is 1. The van der Waals surface area contributed by atoms with E-state index in [2.05, 4.69) is 12.2 Å². The van der Waals surface area contributed by atoms with Crippen LogP contribution in [0.3, 0.4) is 0 Å². The van der Waals surface area contributed by atoms with E-state index in [0.717, 1.165) is 18.4 Å². The summed E-state index contributed by atoms with van der Waals surface area (Å²) >= 11 is 0. The molecule has 1 aromatic rings. The largest absolute Gasteiger partial charge is 0.294 e. The third-order valence-corrected chi connectivity index (χ3v) is 6.75. The van der Waals surface area contributed by atoms with Crippen molar-refractivity contribution in [1.29, 1.82) is 0 Å². The van der Waals surface area contributed by atoms with E-state index in [1.807, 2.05) is 19.1 Å². The highest BCUT2D eigenvalue weighted by Crippen LogP contribution is 2.48. The number of carbonyl (C=O) groups excluding carboxylic acids is 2. The number of fused-ring (bicyclic) bond motifs is 1. The third kappa shape index (κ3) is 2.27. The highest BCUT2D eigenvalue weighted by Gasteiger charge is 2.51. The van der Waals surface area contributed by atoms with E-state index in [9.17, 15) is 13.8 Å². The molecule has 5 atom stereocenters. The van der Waals surface area contributed by atoms with Crippen molar-refractivity contribution in [1.82, 2.24) is 0 Å². The Morgan fingerprint density at radius 1 is 0.957 bits per heavy atom. The van der Waals surface area contributed by atoms with E-state index >= 15 is 0 Å². The fourth-order valence-electron chi connectivity index (χ4n) is 4.13. The Morgan fingerprint density at radius 3 is 2.17 bits per heavy atom. The van der Waals surface area contributed by atoms with Crippen molar-refractivity contribution in [2.45, 2.75) is 24.7 Å². The normalized spacial score (nSPS) is 33.3. The molecule has 4 heteroatoms. The lowest BCUT2D eigenvalue weighted by Crippen LogP contribution is -2.48. The minimum Gasteiger partial charge on any atom is -0.294 e. The minimum atomic E-state index is -1.58. The van der Waals surface area contributed by atoms with Crippen LogP contribution in [0.25, 0.3) is 0 Å². The molecule has 1 aromatic carbocycles. The summed E-state index contributed by atoms with van der Waals surface area (Å²) in [4.78, 5) is 26.3. The number of hydrogen-bond donors (Lipinski definition) is 0. The molecule has 0 amide bonds. The molecule has 4 aliphatic rings. The summed E-state index contributed by atoms with van der Waals surface area (Å²) < 4.78 is 12.8. The average molecular weight is 326 g/mol. The first-order chi connectivity index (χ1) is 11.1. The van der Waals surface area contributed by atoms with Gasteiger partial charge in [0.25, 0.3) is 0 Å². The van der Waals surface area contributed by atoms with Crippen molar-refractivity contribution in [3.05, 3.63) is 53.0 Å². The molecule has 0 spiro atoms. The van der Waals surface area contributed by atoms with Crippen molar-refractivity contribution in [3.63, 3.8) is 0 Å². The molecule has 0 aliphatic heterocycles. The van der Waals surface area contributed by atoms with Crippen LogP contribution in [-0.2, 0) is 20.4 Å². The van der Waals surface area contributed by atoms with E-state index in [0.29, 0.717) is 4.90 Å². The van der Waals surface area contributed by atoms with Gasteiger partial charge in [0.05, 0.1) is 15.7 Å². The second-order valence-electron chi connectivity index (χ2n) is 6.70. The number of aryl methyl sites for hydroxylation is 1. The first-order valence-electron chi connectivity index (χ1n) is 8.03. The van der Waals surface area contributed by atoms with Crippen LogP contribution in [0, 0.1) is 30.6 Å². The first-order valence-corrected chi connectivity index (χ1v) is 9.18. The van der Waals surface area contributed by atoms with Crippen LogP contribution in [0.1, 0.15) is 18.4 Å². The summed E-state index contributed by atoms with van der Waals surface area (Å²) in [5.74, 6) is -0.352. The molecular weight excluding hydrogens is 308 g/mol. The summed E-state index contributed by atoms with van der Waals surface area (Å²) in [5, 5.41) is 0. The molecule has 0 heterocycles. The zero-order chi connectivity index (χ0) is 16.1. The van der Waals surface area contributed by atoms with Gasteiger partial charge in [-0.2, -0.15) is 0 Å². The van der Waals surface area contributed by atoms with Crippen LogP contribution < -0.4 is 0 Å². The molecular formula is C19H18O3S. The van der Waals surface area contributed by atoms with Gasteiger partial charge < -0.3 is 0 Å². The van der Waals surface area contributed by atoms with Crippen LogP contribution in [0.2, 0.25) is 0 Å². The molecule has 0 aromatic heterocycles. The second kappa shape index (κ2) is 5.38. The van der Waals surface area contributed by atoms with E-state index in [4.69, 9.17) is 0 Å². The third-order valence-electron chi connectivity index (χ3n) is 5.33. The van der Waals surface area contributed by atoms with Gasteiger partial charge in [-0.3, -0.25) is 9.59 Å². The maximum absolute atomic E-state index is 12.9. The Kier molecular flexibility index (Phi) is 3.45. The van der Waals surface area contributed by atoms with Crippen LogP contribution in [0.15, 0.2) is 52.3 Å². The van der Waals surface area contributed by atoms with Crippen LogP contribution in [0.4, 0.5) is 0 Å². The number of rotatable bonds is 2. The lowest BCUT2D eigenvalue weighted by Gasteiger charge is -2.44. The first kappa shape index (κ1) is 14.8. The summed E-state index contributed by atoms with van der Waals surface area (Å²) in [6.07, 6.45) is 7.46. The van der Waals surface area contributed by atoms with Gasteiger partial charge in [0.1, 0.15) is 0 Å². The number of carbonyl (C=O) groups is 2. The number of ketones is 2. The fourth-order valence-corrected chi connectivity index (χ4v) is 5.31. The minimum absolute atomic E-state index is 0.0240. The van der Waals surface area contributed by atoms with Gasteiger partial charge in [-0.1, -0.05) is 29.8 Å². The Morgan fingerprint density at radius 2 is 1.57 bits per heavy atom. The van der Waals surface area contributed by atoms with Crippen LogP contribution >= 0.6 is 0 Å². The van der Waals surface area contributed by atoms with Gasteiger partial charge in [-0.05, 0) is 43.7 Å². The average Bonchev–Trinajstić information content (AvgIpc) is 2.58. The Labute approximate surface area is 137 Å². The van der Waals surface area contributed by atoms with Gasteiger partial charge in [0.15, 0.2) is 11.6 Å². The van der Waals surface area contributed by atoms with E-state index in [1.165, 1.54) is 6.08 Å². The zero-order valence-corrected chi connectivity index (χ0v) is 13.7. The Balaban J connectivity index is 1.72. The quantitative estimate of drug-likeness (QED) is 0.785. The summed E-state index contributed by atoms with van der Waals surface area (Å²) in [5.41, 5.74) is 1.07. The van der Waals surface area contributed by atoms with E-state index in [-0.39, 0.29) is 40.1 Å². The summed E-state index contributed by atoms with van der Waals surface area (Å²) in [6.45, 7) is 1.96. The lowest BCUT2D eigenvalue weighted by atomic mass is 9.58. The predicted molar refractivity (Wildman–Crippen MR) is 88.0 cm³/mol. The monoisotopic (exact) mass is 326 g/mol. The Hall–Kier alpha value is -1.81. The van der Waals surface area contributed by atoms with Gasteiger partial charge in [0.2, 0.25) is 0 Å². The number of hydrogen-bond acceptors (Lipinski definition) is 3. The van der Waals surface area contributed by atoms with Crippen molar-refractivity contribution in [2.24, 2.45) is 23.7 Å². The van der Waals surface area contributed by atoms with Crippen molar-refractivity contribution in [3.8, 4) is 0 Å². The number of allylic oxidation sites excluding steroid dienone is 4. The highest BCUT2D eigenvalue weighted by atomic mass is 32.2. The molecule has 0 unspecified atom stereocenters. The van der Waals surface area contributed by atoms with Crippen LogP contribution in [-0.4, -0.2) is 15.8 Å². The molecule has 0 N–H and O–H groups in total. The van der Waals surface area contributed by atoms with E-state index < -0.39 is 10.8 Å². The molecule has 1 fully saturated rings. The molecule has 2 bridgehead atoms. The topological polar surface area (TPSA) is 51.2 Å². The smallest absolute Gasteiger partial charge is 0.176 e.